The van der Waals surface area contributed by atoms with Gasteiger partial charge in [-0.1, -0.05) is 30.3 Å². The van der Waals surface area contributed by atoms with Crippen molar-refractivity contribution in [2.24, 2.45) is 10.9 Å². The molecule has 0 amide bonds. The Morgan fingerprint density at radius 1 is 1.47 bits per heavy atom. The zero-order valence-electron chi connectivity index (χ0n) is 9.42. The maximum absolute atomic E-state index is 8.78. The van der Waals surface area contributed by atoms with Gasteiger partial charge in [0.1, 0.15) is 0 Å². The largest absolute Gasteiger partial charge is 0.409 e. The van der Waals surface area contributed by atoms with Crippen LogP contribution in [-0.2, 0) is 0 Å². The molecule has 88 valence electrons. The summed E-state index contributed by atoms with van der Waals surface area (Å²) in [6, 6.07) is 7.85. The summed E-state index contributed by atoms with van der Waals surface area (Å²) in [7, 11) is 0. The number of nitrogens with two attached hydrogens (primary N) is 1. The van der Waals surface area contributed by atoms with E-state index in [0.717, 1.165) is 21.6 Å². The number of rotatable bonds is 3. The molecule has 0 atom stereocenters. The van der Waals surface area contributed by atoms with Crippen molar-refractivity contribution in [3.63, 3.8) is 0 Å². The fourth-order valence-corrected chi connectivity index (χ4v) is 2.58. The molecule has 17 heavy (non-hydrogen) atoms. The minimum Gasteiger partial charge on any atom is -0.409 e. The van der Waals surface area contributed by atoms with Gasteiger partial charge >= 0.3 is 0 Å². The van der Waals surface area contributed by atoms with Gasteiger partial charge in [-0.3, -0.25) is 4.98 Å². The molecule has 2 aromatic rings. The molecule has 0 radical (unpaired) electrons. The molecule has 0 bridgehead atoms. The van der Waals surface area contributed by atoms with Crippen molar-refractivity contribution >= 4 is 28.5 Å². The molecule has 0 aliphatic rings. The Bertz CT molecular complexity index is 569. The van der Waals surface area contributed by atoms with Crippen molar-refractivity contribution < 1.29 is 5.21 Å². The maximum Gasteiger partial charge on any atom is 0.172 e. The molecule has 0 unspecified atom stereocenters. The minimum atomic E-state index is 0.0965. The highest BCUT2D eigenvalue weighted by atomic mass is 32.2. The quantitative estimate of drug-likeness (QED) is 0.287. The van der Waals surface area contributed by atoms with E-state index in [2.05, 4.69) is 17.1 Å². The van der Waals surface area contributed by atoms with Gasteiger partial charge < -0.3 is 10.9 Å². The molecular weight excluding hydrogens is 234 g/mol. The predicted molar refractivity (Wildman–Crippen MR) is 70.7 cm³/mol. The number of aromatic nitrogens is 1. The van der Waals surface area contributed by atoms with Crippen LogP contribution in [0.15, 0.2) is 40.5 Å². The first-order valence-electron chi connectivity index (χ1n) is 5.26. The summed E-state index contributed by atoms with van der Waals surface area (Å²) in [6.45, 7) is 2.07. The lowest BCUT2D eigenvalue weighted by molar-refractivity contribution is 0.318. The Morgan fingerprint density at radius 3 is 2.94 bits per heavy atom. The lowest BCUT2D eigenvalue weighted by Gasteiger charge is -2.09. The third-order valence-corrected chi connectivity index (χ3v) is 3.42. The highest BCUT2D eigenvalue weighted by Gasteiger charge is 2.11. The summed E-state index contributed by atoms with van der Waals surface area (Å²) in [5.41, 5.74) is 7.26. The van der Waals surface area contributed by atoms with Crippen molar-refractivity contribution in [3.8, 4) is 0 Å². The second-order valence-corrected chi connectivity index (χ2v) is 4.71. The molecule has 4 nitrogen and oxygen atoms in total. The van der Waals surface area contributed by atoms with Gasteiger partial charge in [0.15, 0.2) is 5.84 Å². The van der Waals surface area contributed by atoms with Crippen LogP contribution < -0.4 is 5.73 Å². The number of hydrogen-bond donors (Lipinski definition) is 2. The second-order valence-electron chi connectivity index (χ2n) is 3.44. The summed E-state index contributed by atoms with van der Waals surface area (Å²) in [5, 5.41) is 12.9. The molecule has 2 rings (SSSR count). The number of oxime groups is 1. The van der Waals surface area contributed by atoms with E-state index >= 15 is 0 Å². The van der Waals surface area contributed by atoms with Gasteiger partial charge in [-0.05, 0) is 11.8 Å². The van der Waals surface area contributed by atoms with Crippen LogP contribution in [0.1, 0.15) is 12.5 Å². The summed E-state index contributed by atoms with van der Waals surface area (Å²) in [6.07, 6.45) is 1.65. The zero-order valence-corrected chi connectivity index (χ0v) is 10.2. The fourth-order valence-electron chi connectivity index (χ4n) is 1.65. The molecule has 0 saturated heterocycles. The first-order valence-corrected chi connectivity index (χ1v) is 6.25. The van der Waals surface area contributed by atoms with E-state index < -0.39 is 0 Å². The molecule has 5 heteroatoms. The van der Waals surface area contributed by atoms with Gasteiger partial charge in [-0.15, -0.1) is 11.8 Å². The molecule has 0 fully saturated rings. The first-order chi connectivity index (χ1) is 8.27. The van der Waals surface area contributed by atoms with E-state index in [1.807, 2.05) is 24.3 Å². The van der Waals surface area contributed by atoms with Crippen LogP contribution in [0.25, 0.3) is 10.9 Å². The van der Waals surface area contributed by atoms with Crippen molar-refractivity contribution in [1.29, 1.82) is 0 Å². The van der Waals surface area contributed by atoms with Crippen molar-refractivity contribution in [2.75, 3.05) is 5.75 Å². The van der Waals surface area contributed by atoms with Gasteiger partial charge in [0.05, 0.1) is 11.1 Å². The van der Waals surface area contributed by atoms with E-state index in [0.29, 0.717) is 5.56 Å². The van der Waals surface area contributed by atoms with Gasteiger partial charge in [0, 0.05) is 16.5 Å². The van der Waals surface area contributed by atoms with Crippen molar-refractivity contribution in [2.45, 2.75) is 11.8 Å². The summed E-state index contributed by atoms with van der Waals surface area (Å²) < 4.78 is 0. The van der Waals surface area contributed by atoms with E-state index in [1.165, 1.54) is 0 Å². The monoisotopic (exact) mass is 247 g/mol. The number of fused-ring (bicyclic) bond motifs is 1. The predicted octanol–water partition coefficient (Wildman–Crippen LogP) is 2.44. The molecule has 0 aliphatic carbocycles. The maximum atomic E-state index is 8.78. The van der Waals surface area contributed by atoms with Gasteiger partial charge in [0.25, 0.3) is 0 Å². The molecule has 3 N–H and O–H groups in total. The highest BCUT2D eigenvalue weighted by Crippen LogP contribution is 2.29. The Labute approximate surface area is 104 Å². The molecule has 1 aromatic heterocycles. The standard InChI is InChI=1S/C12H13N3OS/c1-2-17-11-8-5-3-4-6-10(8)14-7-9(11)12(13)15-16/h3-7,16H,2H2,1H3,(H2,13,15). The van der Waals surface area contributed by atoms with Gasteiger partial charge in [0.2, 0.25) is 0 Å². The van der Waals surface area contributed by atoms with E-state index in [4.69, 9.17) is 10.9 Å². The summed E-state index contributed by atoms with van der Waals surface area (Å²) in [4.78, 5) is 5.32. The number of nitrogens with zero attached hydrogens (tertiary/aromatic N) is 2. The molecule has 0 aliphatic heterocycles. The average Bonchev–Trinajstić information content (AvgIpc) is 2.38. The topological polar surface area (TPSA) is 71.5 Å². The molecule has 1 aromatic carbocycles. The average molecular weight is 247 g/mol. The molecular formula is C12H13N3OS. The van der Waals surface area contributed by atoms with Crippen LogP contribution in [0.5, 0.6) is 0 Å². The number of hydrogen-bond acceptors (Lipinski definition) is 4. The zero-order chi connectivity index (χ0) is 12.3. The Hall–Kier alpha value is -1.75. The lowest BCUT2D eigenvalue weighted by Crippen LogP contribution is -2.15. The van der Waals surface area contributed by atoms with E-state index in [1.54, 1.807) is 18.0 Å². The Morgan fingerprint density at radius 2 is 2.24 bits per heavy atom. The Balaban J connectivity index is 2.72. The van der Waals surface area contributed by atoms with E-state index in [-0.39, 0.29) is 5.84 Å². The highest BCUT2D eigenvalue weighted by molar-refractivity contribution is 7.99. The third-order valence-electron chi connectivity index (χ3n) is 2.40. The number of benzene rings is 1. The smallest absolute Gasteiger partial charge is 0.172 e. The second kappa shape index (κ2) is 5.05. The summed E-state index contributed by atoms with van der Waals surface area (Å²) in [5.74, 6) is 1.01. The van der Waals surface area contributed by atoms with Gasteiger partial charge in [-0.25, -0.2) is 0 Å². The number of thioether (sulfide) groups is 1. The minimum absolute atomic E-state index is 0.0965. The van der Waals surface area contributed by atoms with Crippen molar-refractivity contribution in [3.05, 3.63) is 36.0 Å². The molecule has 0 saturated carbocycles. The van der Waals surface area contributed by atoms with Crippen LogP contribution in [0, 0.1) is 0 Å². The normalized spacial score (nSPS) is 11.9. The van der Waals surface area contributed by atoms with Crippen LogP contribution in [0.2, 0.25) is 0 Å². The van der Waals surface area contributed by atoms with Crippen molar-refractivity contribution in [1.82, 2.24) is 4.98 Å². The fraction of sp³-hybridized carbons (Fsp3) is 0.167. The van der Waals surface area contributed by atoms with Gasteiger partial charge in [-0.2, -0.15) is 0 Å². The van der Waals surface area contributed by atoms with Crippen LogP contribution >= 0.6 is 11.8 Å². The SMILES string of the molecule is CCSc1c(/C(N)=N/O)cnc2ccccc12. The lowest BCUT2D eigenvalue weighted by atomic mass is 10.1. The third kappa shape index (κ3) is 2.19. The van der Waals surface area contributed by atoms with Crippen LogP contribution in [-0.4, -0.2) is 21.8 Å². The van der Waals surface area contributed by atoms with Crippen LogP contribution in [0.3, 0.4) is 0 Å². The Kier molecular flexibility index (Phi) is 3.49. The number of amidine groups is 1. The number of para-hydroxylation sites is 1. The molecule has 0 spiro atoms. The first kappa shape index (κ1) is 11.7. The van der Waals surface area contributed by atoms with Crippen LogP contribution in [0.4, 0.5) is 0 Å². The molecule has 1 heterocycles. The van der Waals surface area contributed by atoms with E-state index in [9.17, 15) is 0 Å². The number of pyridine rings is 1. The summed E-state index contributed by atoms with van der Waals surface area (Å²) >= 11 is 1.66.